The van der Waals surface area contributed by atoms with Gasteiger partial charge >= 0.3 is 5.97 Å². The molecule has 6 heteroatoms. The second-order valence-electron chi connectivity index (χ2n) is 5.94. The molecular weight excluding hydrogens is 304 g/mol. The third-order valence-electron chi connectivity index (χ3n) is 4.22. The van der Waals surface area contributed by atoms with Crippen molar-refractivity contribution in [3.8, 4) is 0 Å². The Labute approximate surface area is 141 Å². The normalized spacial score (nSPS) is 17.1. The molecule has 0 spiro atoms. The van der Waals surface area contributed by atoms with E-state index in [4.69, 9.17) is 4.74 Å². The number of hydrogen-bond acceptors (Lipinski definition) is 6. The van der Waals surface area contributed by atoms with Crippen molar-refractivity contribution < 1.29 is 9.53 Å². The predicted octanol–water partition coefficient (Wildman–Crippen LogP) is 3.01. The lowest BCUT2D eigenvalue weighted by Gasteiger charge is -2.24. The number of aromatic nitrogens is 3. The monoisotopic (exact) mass is 326 g/mol. The minimum absolute atomic E-state index is 0.178. The number of pyridine rings is 1. The molecule has 0 N–H and O–H groups in total. The highest BCUT2D eigenvalue weighted by Crippen LogP contribution is 2.33. The van der Waals surface area contributed by atoms with Gasteiger partial charge in [0.2, 0.25) is 5.95 Å². The molecule has 0 radical (unpaired) electrons. The highest BCUT2D eigenvalue weighted by Gasteiger charge is 2.29. The molecule has 0 amide bonds. The first-order valence-electron chi connectivity index (χ1n) is 8.31. The van der Waals surface area contributed by atoms with Gasteiger partial charge in [-0.3, -0.25) is 4.98 Å². The molecule has 3 heterocycles. The van der Waals surface area contributed by atoms with E-state index in [0.29, 0.717) is 23.8 Å². The van der Waals surface area contributed by atoms with Crippen molar-refractivity contribution in [1.82, 2.24) is 15.0 Å². The smallest absolute Gasteiger partial charge is 0.341 e. The van der Waals surface area contributed by atoms with Crippen molar-refractivity contribution in [3.63, 3.8) is 0 Å². The third kappa shape index (κ3) is 3.22. The first-order valence-corrected chi connectivity index (χ1v) is 8.31. The van der Waals surface area contributed by atoms with Crippen LogP contribution >= 0.6 is 0 Å². The fraction of sp³-hybridized carbons (Fsp3) is 0.444. The quantitative estimate of drug-likeness (QED) is 0.805. The van der Waals surface area contributed by atoms with Gasteiger partial charge in [0.25, 0.3) is 0 Å². The van der Waals surface area contributed by atoms with Crippen molar-refractivity contribution >= 4 is 11.9 Å². The van der Waals surface area contributed by atoms with E-state index in [1.54, 1.807) is 13.1 Å². The molecule has 6 nitrogen and oxygen atoms in total. The molecule has 1 aliphatic rings. The molecular formula is C18H22N4O2. The first kappa shape index (κ1) is 16.4. The van der Waals surface area contributed by atoms with Gasteiger partial charge in [0, 0.05) is 18.4 Å². The second-order valence-corrected chi connectivity index (χ2v) is 5.94. The number of ether oxygens (including phenoxy) is 1. The van der Waals surface area contributed by atoms with E-state index in [1.165, 1.54) is 0 Å². The number of esters is 1. The van der Waals surface area contributed by atoms with Gasteiger partial charge in [0.05, 0.1) is 29.6 Å². The molecule has 2 aromatic heterocycles. The lowest BCUT2D eigenvalue weighted by molar-refractivity contribution is 0.0524. The van der Waals surface area contributed by atoms with Gasteiger partial charge in [0.15, 0.2) is 0 Å². The summed E-state index contributed by atoms with van der Waals surface area (Å²) in [7, 11) is 0. The van der Waals surface area contributed by atoms with E-state index in [9.17, 15) is 4.79 Å². The zero-order valence-corrected chi connectivity index (χ0v) is 14.3. The lowest BCUT2D eigenvalue weighted by Crippen LogP contribution is -2.26. The molecule has 1 saturated heterocycles. The van der Waals surface area contributed by atoms with Gasteiger partial charge in [-0.2, -0.15) is 0 Å². The maximum atomic E-state index is 11.9. The van der Waals surface area contributed by atoms with Crippen LogP contribution in [0.5, 0.6) is 0 Å². The van der Waals surface area contributed by atoms with Gasteiger partial charge in [-0.15, -0.1) is 0 Å². The zero-order valence-electron chi connectivity index (χ0n) is 14.3. The molecule has 2 aromatic rings. The van der Waals surface area contributed by atoms with Gasteiger partial charge in [-0.05, 0) is 45.7 Å². The lowest BCUT2D eigenvalue weighted by atomic mass is 10.1. The topological polar surface area (TPSA) is 68.2 Å². The number of nitrogens with zero attached hydrogens (tertiary/aromatic N) is 4. The number of aryl methyl sites for hydroxylation is 2. The van der Waals surface area contributed by atoms with Crippen molar-refractivity contribution in [2.45, 2.75) is 39.7 Å². The Balaban J connectivity index is 1.88. The summed E-state index contributed by atoms with van der Waals surface area (Å²) in [6, 6.07) is 6.26. The van der Waals surface area contributed by atoms with Gasteiger partial charge in [0.1, 0.15) is 0 Å². The van der Waals surface area contributed by atoms with E-state index >= 15 is 0 Å². The summed E-state index contributed by atoms with van der Waals surface area (Å²) in [6.07, 6.45) is 3.66. The Morgan fingerprint density at radius 2 is 2.17 bits per heavy atom. The molecule has 3 rings (SSSR count). The zero-order chi connectivity index (χ0) is 17.1. The van der Waals surface area contributed by atoms with Gasteiger partial charge < -0.3 is 9.64 Å². The van der Waals surface area contributed by atoms with E-state index in [2.05, 4.69) is 25.9 Å². The summed E-state index contributed by atoms with van der Waals surface area (Å²) in [5, 5.41) is 0. The standard InChI is InChI=1S/C18H22N4O2/c1-4-24-17(23)14-11-19-18(21-13(14)3)22-10-6-9-16(22)15-8-5-7-12(2)20-15/h5,7-8,11,16H,4,6,9-10H2,1-3H3. The average Bonchev–Trinajstić information content (AvgIpc) is 3.04. The molecule has 1 fully saturated rings. The van der Waals surface area contributed by atoms with Crippen LogP contribution in [0.2, 0.25) is 0 Å². The van der Waals surface area contributed by atoms with Crippen LogP contribution < -0.4 is 4.90 Å². The van der Waals surface area contributed by atoms with Gasteiger partial charge in [-0.1, -0.05) is 6.07 Å². The van der Waals surface area contributed by atoms with Crippen LogP contribution in [0.25, 0.3) is 0 Å². The van der Waals surface area contributed by atoms with Crippen LogP contribution in [0.3, 0.4) is 0 Å². The summed E-state index contributed by atoms with van der Waals surface area (Å²) in [5.41, 5.74) is 3.11. The van der Waals surface area contributed by atoms with Crippen LogP contribution in [0, 0.1) is 13.8 Å². The van der Waals surface area contributed by atoms with E-state index < -0.39 is 0 Å². The molecule has 1 atom stereocenters. The molecule has 24 heavy (non-hydrogen) atoms. The highest BCUT2D eigenvalue weighted by atomic mass is 16.5. The van der Waals surface area contributed by atoms with Crippen molar-refractivity contribution in [3.05, 3.63) is 47.0 Å². The second kappa shape index (κ2) is 6.95. The molecule has 0 aliphatic carbocycles. The molecule has 1 unspecified atom stereocenters. The van der Waals surface area contributed by atoms with Crippen LogP contribution in [0.4, 0.5) is 5.95 Å². The Morgan fingerprint density at radius 3 is 2.88 bits per heavy atom. The van der Waals surface area contributed by atoms with Crippen LogP contribution in [-0.2, 0) is 4.74 Å². The summed E-state index contributed by atoms with van der Waals surface area (Å²) in [4.78, 5) is 27.7. The van der Waals surface area contributed by atoms with E-state index in [0.717, 1.165) is 30.8 Å². The minimum Gasteiger partial charge on any atom is -0.462 e. The van der Waals surface area contributed by atoms with Crippen LogP contribution in [0.15, 0.2) is 24.4 Å². The van der Waals surface area contributed by atoms with E-state index in [1.807, 2.05) is 26.0 Å². The third-order valence-corrected chi connectivity index (χ3v) is 4.22. The average molecular weight is 326 g/mol. The molecule has 1 aliphatic heterocycles. The molecule has 0 aromatic carbocycles. The summed E-state index contributed by atoms with van der Waals surface area (Å²) in [6.45, 7) is 6.82. The van der Waals surface area contributed by atoms with Crippen LogP contribution in [0.1, 0.15) is 53.2 Å². The van der Waals surface area contributed by atoms with Gasteiger partial charge in [-0.25, -0.2) is 14.8 Å². The fourth-order valence-corrected chi connectivity index (χ4v) is 3.07. The Bertz CT molecular complexity index is 748. The fourth-order valence-electron chi connectivity index (χ4n) is 3.07. The highest BCUT2D eigenvalue weighted by molar-refractivity contribution is 5.90. The SMILES string of the molecule is CCOC(=O)c1cnc(N2CCCC2c2cccc(C)n2)nc1C. The Kier molecular flexibility index (Phi) is 4.74. The summed E-state index contributed by atoms with van der Waals surface area (Å²) >= 11 is 0. The number of hydrogen-bond donors (Lipinski definition) is 0. The molecule has 0 saturated carbocycles. The molecule has 0 bridgehead atoms. The van der Waals surface area contributed by atoms with Crippen molar-refractivity contribution in [1.29, 1.82) is 0 Å². The van der Waals surface area contributed by atoms with E-state index in [-0.39, 0.29) is 12.0 Å². The number of rotatable bonds is 4. The number of anilines is 1. The maximum Gasteiger partial charge on any atom is 0.341 e. The number of carbonyl (C=O) groups excluding carboxylic acids is 1. The van der Waals surface area contributed by atoms with Crippen molar-refractivity contribution in [2.75, 3.05) is 18.1 Å². The first-order chi connectivity index (χ1) is 11.6. The Morgan fingerprint density at radius 1 is 1.33 bits per heavy atom. The molecule has 126 valence electrons. The Hall–Kier alpha value is -2.50. The number of carbonyl (C=O) groups is 1. The van der Waals surface area contributed by atoms with Crippen molar-refractivity contribution in [2.24, 2.45) is 0 Å². The van der Waals surface area contributed by atoms with Crippen LogP contribution in [-0.4, -0.2) is 34.1 Å². The minimum atomic E-state index is -0.375. The predicted molar refractivity (Wildman–Crippen MR) is 91.0 cm³/mol. The maximum absolute atomic E-state index is 11.9. The summed E-state index contributed by atoms with van der Waals surface area (Å²) < 4.78 is 5.04. The summed E-state index contributed by atoms with van der Waals surface area (Å²) in [5.74, 6) is 0.270. The largest absolute Gasteiger partial charge is 0.462 e.